The summed E-state index contributed by atoms with van der Waals surface area (Å²) in [4.78, 5) is 26.8. The number of carbonyl (C=O) groups is 1. The van der Waals surface area contributed by atoms with Crippen molar-refractivity contribution in [2.45, 2.75) is 73.2 Å². The average molecular weight is 589 g/mol. The number of rotatable bonds is 10. The number of benzene rings is 2. The smallest absolute Gasteiger partial charge is 0.343 e. The molecule has 0 N–H and O–H groups in total. The molecule has 0 saturated carbocycles. The summed E-state index contributed by atoms with van der Waals surface area (Å²) in [7, 11) is 0.446. The number of ether oxygens (including phenoxy) is 2. The Kier molecular flexibility index (Phi) is 10.2. The Hall–Kier alpha value is -2.68. The van der Waals surface area contributed by atoms with Crippen LogP contribution in [0.15, 0.2) is 41.3 Å². The van der Waals surface area contributed by atoms with Crippen molar-refractivity contribution in [2.75, 3.05) is 13.7 Å². The Morgan fingerprint density at radius 1 is 1.15 bits per heavy atom. The number of methoxy groups -OCH3 is 1. The summed E-state index contributed by atoms with van der Waals surface area (Å²) in [6.45, 7) is 16.6. The molecule has 0 bridgehead atoms. The first-order chi connectivity index (χ1) is 18.7. The van der Waals surface area contributed by atoms with Crippen LogP contribution in [0.3, 0.4) is 0 Å². The number of nitrogens with zero attached hydrogens (tertiary/aromatic N) is 1. The number of carbonyl (C=O) groups excluding carboxylic acids is 1. The highest BCUT2D eigenvalue weighted by molar-refractivity contribution is 6.48. The van der Waals surface area contributed by atoms with Gasteiger partial charge in [-0.25, -0.2) is 9.18 Å². The van der Waals surface area contributed by atoms with E-state index in [1.807, 2.05) is 4.57 Å². The van der Waals surface area contributed by atoms with Crippen molar-refractivity contribution < 1.29 is 23.1 Å². The summed E-state index contributed by atoms with van der Waals surface area (Å²) >= 11 is 6.03. The standard InChI is InChI=1S/C31H40ClFNO5Si/c1-10-38-30(36)22-17-34(27(18(2)3)29(31(4,5)6)39-40(8)9)24-16-25(37-7)20(15-21(24)28(22)35)14-19-12-11-13-23(32)26(19)33/h11-13,15-18,27,29H,10,14H2,1-9H3/t27-,29?/m0/s1. The molecule has 0 amide bonds. The van der Waals surface area contributed by atoms with Gasteiger partial charge in [0.2, 0.25) is 14.5 Å². The van der Waals surface area contributed by atoms with E-state index in [9.17, 15) is 14.0 Å². The minimum atomic E-state index is -1.09. The predicted molar refractivity (Wildman–Crippen MR) is 161 cm³/mol. The molecule has 0 saturated heterocycles. The number of fused-ring (bicyclic) bond motifs is 1. The molecule has 0 spiro atoms. The van der Waals surface area contributed by atoms with Crippen LogP contribution >= 0.6 is 11.6 Å². The van der Waals surface area contributed by atoms with Crippen molar-refractivity contribution in [1.29, 1.82) is 0 Å². The molecule has 2 atom stereocenters. The molecule has 1 radical (unpaired) electrons. The van der Waals surface area contributed by atoms with Gasteiger partial charge in [0, 0.05) is 24.1 Å². The first-order valence-corrected chi connectivity index (χ1v) is 16.3. The third kappa shape index (κ3) is 6.78. The van der Waals surface area contributed by atoms with Gasteiger partial charge in [-0.3, -0.25) is 4.79 Å². The summed E-state index contributed by atoms with van der Waals surface area (Å²) < 4.78 is 34.4. The van der Waals surface area contributed by atoms with Crippen molar-refractivity contribution >= 4 is 37.5 Å². The van der Waals surface area contributed by atoms with Crippen LogP contribution in [-0.2, 0) is 15.6 Å². The van der Waals surface area contributed by atoms with E-state index in [2.05, 4.69) is 47.7 Å². The van der Waals surface area contributed by atoms with Gasteiger partial charge in [-0.15, -0.1) is 0 Å². The lowest BCUT2D eigenvalue weighted by atomic mass is 9.80. The lowest BCUT2D eigenvalue weighted by molar-refractivity contribution is 0.0212. The lowest BCUT2D eigenvalue weighted by Gasteiger charge is -2.42. The summed E-state index contributed by atoms with van der Waals surface area (Å²) in [6, 6.07) is 8.07. The Bertz CT molecular complexity index is 1430. The van der Waals surface area contributed by atoms with Crippen LogP contribution < -0.4 is 10.2 Å². The SMILES string of the molecule is CCOC(=O)c1cn([C@@H](C(C)C)C(O[Si](C)C)C(C)(C)C)c2cc(OC)c(Cc3cccc(Cl)c3F)cc2c1=O. The molecule has 3 aromatic rings. The second kappa shape index (κ2) is 12.9. The molecule has 3 rings (SSSR count). The normalized spacial score (nSPS) is 13.6. The molecular weight excluding hydrogens is 549 g/mol. The lowest BCUT2D eigenvalue weighted by Crippen LogP contribution is -2.43. The average Bonchev–Trinajstić information content (AvgIpc) is 2.86. The highest BCUT2D eigenvalue weighted by Gasteiger charge is 2.38. The Morgan fingerprint density at radius 3 is 2.38 bits per heavy atom. The van der Waals surface area contributed by atoms with Crippen LogP contribution in [0, 0.1) is 17.2 Å². The fourth-order valence-electron chi connectivity index (χ4n) is 5.07. The zero-order valence-corrected chi connectivity index (χ0v) is 26.6. The van der Waals surface area contributed by atoms with Crippen LogP contribution in [0.1, 0.15) is 69.1 Å². The van der Waals surface area contributed by atoms with Crippen LogP contribution in [0.2, 0.25) is 18.1 Å². The van der Waals surface area contributed by atoms with Crippen LogP contribution in [0.5, 0.6) is 5.75 Å². The number of hydrogen-bond donors (Lipinski definition) is 0. The fraction of sp³-hybridized carbons (Fsp3) is 0.484. The van der Waals surface area contributed by atoms with Crippen molar-refractivity contribution in [2.24, 2.45) is 11.3 Å². The minimum Gasteiger partial charge on any atom is -0.496 e. The minimum absolute atomic E-state index is 0.0185. The van der Waals surface area contributed by atoms with E-state index in [0.717, 1.165) is 0 Å². The fourth-order valence-corrected chi connectivity index (χ4v) is 6.27. The Balaban J connectivity index is 2.40. The largest absolute Gasteiger partial charge is 0.496 e. The van der Waals surface area contributed by atoms with E-state index in [-0.39, 0.29) is 47.1 Å². The summed E-state index contributed by atoms with van der Waals surface area (Å²) in [6.07, 6.45) is 1.53. The number of pyridine rings is 1. The Morgan fingerprint density at radius 2 is 1.82 bits per heavy atom. The second-order valence-corrected chi connectivity index (χ2v) is 14.1. The molecule has 2 aromatic carbocycles. The Labute approximate surface area is 243 Å². The van der Waals surface area contributed by atoms with Gasteiger partial charge in [0.1, 0.15) is 17.1 Å². The molecule has 40 heavy (non-hydrogen) atoms. The quantitative estimate of drug-likeness (QED) is 0.182. The van der Waals surface area contributed by atoms with Gasteiger partial charge in [0.05, 0.1) is 36.4 Å². The maximum Gasteiger partial charge on any atom is 0.343 e. The van der Waals surface area contributed by atoms with E-state index in [1.165, 1.54) is 13.2 Å². The van der Waals surface area contributed by atoms with Gasteiger partial charge < -0.3 is 18.5 Å². The second-order valence-electron chi connectivity index (χ2n) is 11.6. The molecular formula is C31H40ClFNO5Si. The molecule has 217 valence electrons. The maximum atomic E-state index is 14.8. The van der Waals surface area contributed by atoms with Gasteiger partial charge in [-0.2, -0.15) is 0 Å². The molecule has 1 unspecified atom stereocenters. The molecule has 0 aliphatic rings. The zero-order chi connectivity index (χ0) is 29.9. The highest BCUT2D eigenvalue weighted by atomic mass is 35.5. The van der Waals surface area contributed by atoms with Crippen LogP contribution in [-0.4, -0.2) is 39.4 Å². The van der Waals surface area contributed by atoms with Crippen LogP contribution in [0.25, 0.3) is 10.9 Å². The molecule has 1 aromatic heterocycles. The number of aromatic nitrogens is 1. The molecule has 0 fully saturated rings. The molecule has 0 aliphatic carbocycles. The van der Waals surface area contributed by atoms with Gasteiger partial charge in [0.15, 0.2) is 0 Å². The van der Waals surface area contributed by atoms with E-state index in [1.54, 1.807) is 37.4 Å². The highest BCUT2D eigenvalue weighted by Crippen LogP contribution is 2.39. The van der Waals surface area contributed by atoms with Crippen molar-refractivity contribution in [1.82, 2.24) is 4.57 Å². The van der Waals surface area contributed by atoms with Gasteiger partial charge in [0.25, 0.3) is 0 Å². The van der Waals surface area contributed by atoms with Gasteiger partial charge in [-0.05, 0) is 54.6 Å². The van der Waals surface area contributed by atoms with Gasteiger partial charge in [-0.1, -0.05) is 58.4 Å². The monoisotopic (exact) mass is 588 g/mol. The van der Waals surface area contributed by atoms with Crippen LogP contribution in [0.4, 0.5) is 4.39 Å². The maximum absolute atomic E-state index is 14.8. The van der Waals surface area contributed by atoms with E-state index < -0.39 is 26.3 Å². The third-order valence-electron chi connectivity index (χ3n) is 6.87. The molecule has 0 aliphatic heterocycles. The molecule has 1 heterocycles. The van der Waals surface area contributed by atoms with E-state index in [4.69, 9.17) is 25.5 Å². The van der Waals surface area contributed by atoms with E-state index >= 15 is 0 Å². The first-order valence-electron chi connectivity index (χ1n) is 13.5. The topological polar surface area (TPSA) is 66.8 Å². The third-order valence-corrected chi connectivity index (χ3v) is 7.89. The predicted octanol–water partition coefficient (Wildman–Crippen LogP) is 7.45. The number of hydrogen-bond acceptors (Lipinski definition) is 5. The first kappa shape index (κ1) is 31.8. The zero-order valence-electron chi connectivity index (χ0n) is 24.9. The van der Waals surface area contributed by atoms with Crippen molar-refractivity contribution in [3.63, 3.8) is 0 Å². The molecule has 6 nitrogen and oxygen atoms in total. The number of esters is 1. The summed E-state index contributed by atoms with van der Waals surface area (Å²) in [5.74, 6) is -0.633. The number of halogens is 2. The van der Waals surface area contributed by atoms with Crippen molar-refractivity contribution in [3.05, 3.63) is 74.3 Å². The van der Waals surface area contributed by atoms with Crippen molar-refractivity contribution in [3.8, 4) is 5.75 Å². The molecule has 9 heteroatoms. The summed E-state index contributed by atoms with van der Waals surface area (Å²) in [5, 5.41) is 0.339. The van der Waals surface area contributed by atoms with E-state index in [0.29, 0.717) is 27.8 Å². The summed E-state index contributed by atoms with van der Waals surface area (Å²) in [5.41, 5.74) is 0.808. The van der Waals surface area contributed by atoms with Gasteiger partial charge >= 0.3 is 5.97 Å².